The standard InChI is InChI=1S/C14H20BrN3O/c1-2-18-7-3-4-11(18)9-17-14(19)12-8-10(15)5-6-13(12)16/h5-6,8,11H,2-4,7,9,16H2,1H3,(H,17,19). The van der Waals surface area contributed by atoms with Crippen LogP contribution in [0.25, 0.3) is 0 Å². The normalized spacial score (nSPS) is 19.6. The largest absolute Gasteiger partial charge is 0.398 e. The predicted octanol–water partition coefficient (Wildman–Crippen LogP) is 2.25. The number of benzene rings is 1. The third kappa shape index (κ3) is 3.48. The van der Waals surface area contributed by atoms with Crippen LogP contribution in [-0.4, -0.2) is 36.5 Å². The fourth-order valence-corrected chi connectivity index (χ4v) is 2.93. The average molecular weight is 326 g/mol. The van der Waals surface area contributed by atoms with Gasteiger partial charge in [0.05, 0.1) is 5.56 Å². The van der Waals surface area contributed by atoms with E-state index in [4.69, 9.17) is 5.73 Å². The van der Waals surface area contributed by atoms with E-state index in [1.54, 1.807) is 12.1 Å². The van der Waals surface area contributed by atoms with E-state index >= 15 is 0 Å². The molecule has 0 radical (unpaired) electrons. The minimum atomic E-state index is -0.0956. The van der Waals surface area contributed by atoms with Gasteiger partial charge in [-0.05, 0) is 44.1 Å². The predicted molar refractivity (Wildman–Crippen MR) is 81.2 cm³/mol. The van der Waals surface area contributed by atoms with Crippen LogP contribution in [0, 0.1) is 0 Å². The Morgan fingerprint density at radius 2 is 2.37 bits per heavy atom. The highest BCUT2D eigenvalue weighted by Crippen LogP contribution is 2.19. The molecule has 1 aliphatic heterocycles. The zero-order chi connectivity index (χ0) is 13.8. The van der Waals surface area contributed by atoms with Gasteiger partial charge in [0.1, 0.15) is 0 Å². The van der Waals surface area contributed by atoms with Crippen LogP contribution in [0.15, 0.2) is 22.7 Å². The summed E-state index contributed by atoms with van der Waals surface area (Å²) >= 11 is 3.36. The molecule has 1 saturated heterocycles. The van der Waals surface area contributed by atoms with Crippen molar-refractivity contribution in [2.45, 2.75) is 25.8 Å². The number of hydrogen-bond acceptors (Lipinski definition) is 3. The summed E-state index contributed by atoms with van der Waals surface area (Å²) < 4.78 is 0.864. The molecule has 5 heteroatoms. The summed E-state index contributed by atoms with van der Waals surface area (Å²) in [6.45, 7) is 5.03. The summed E-state index contributed by atoms with van der Waals surface area (Å²) in [5.74, 6) is -0.0956. The number of nitrogens with one attached hydrogen (secondary N) is 1. The van der Waals surface area contributed by atoms with E-state index < -0.39 is 0 Å². The second-order valence-corrected chi connectivity index (χ2v) is 5.78. The monoisotopic (exact) mass is 325 g/mol. The van der Waals surface area contributed by atoms with Crippen LogP contribution in [-0.2, 0) is 0 Å². The van der Waals surface area contributed by atoms with Crippen molar-refractivity contribution in [1.29, 1.82) is 0 Å². The number of likely N-dealkylation sites (N-methyl/N-ethyl adjacent to an activating group) is 1. The first-order valence-corrected chi connectivity index (χ1v) is 7.48. The number of rotatable bonds is 4. The fraction of sp³-hybridized carbons (Fsp3) is 0.500. The van der Waals surface area contributed by atoms with Crippen LogP contribution in [0.2, 0.25) is 0 Å². The van der Waals surface area contributed by atoms with E-state index in [9.17, 15) is 4.79 Å². The van der Waals surface area contributed by atoms with Gasteiger partial charge in [0, 0.05) is 22.7 Å². The van der Waals surface area contributed by atoms with Crippen molar-refractivity contribution >= 4 is 27.5 Å². The highest BCUT2D eigenvalue weighted by atomic mass is 79.9. The van der Waals surface area contributed by atoms with Crippen molar-refractivity contribution in [3.05, 3.63) is 28.2 Å². The minimum absolute atomic E-state index is 0.0956. The molecule has 4 nitrogen and oxygen atoms in total. The molecule has 0 saturated carbocycles. The van der Waals surface area contributed by atoms with Crippen molar-refractivity contribution < 1.29 is 4.79 Å². The summed E-state index contributed by atoms with van der Waals surface area (Å²) in [5, 5.41) is 2.99. The van der Waals surface area contributed by atoms with E-state index in [-0.39, 0.29) is 5.91 Å². The maximum absolute atomic E-state index is 12.1. The molecule has 1 amide bonds. The van der Waals surface area contributed by atoms with E-state index in [1.165, 1.54) is 6.42 Å². The van der Waals surface area contributed by atoms with Crippen LogP contribution >= 0.6 is 15.9 Å². The lowest BCUT2D eigenvalue weighted by molar-refractivity contribution is 0.0942. The maximum Gasteiger partial charge on any atom is 0.253 e. The van der Waals surface area contributed by atoms with Crippen molar-refractivity contribution in [2.75, 3.05) is 25.4 Å². The van der Waals surface area contributed by atoms with Gasteiger partial charge in [-0.2, -0.15) is 0 Å². The molecule has 1 heterocycles. The Hall–Kier alpha value is -1.07. The smallest absolute Gasteiger partial charge is 0.253 e. The summed E-state index contributed by atoms with van der Waals surface area (Å²) in [7, 11) is 0. The van der Waals surface area contributed by atoms with Crippen molar-refractivity contribution in [3.63, 3.8) is 0 Å². The number of carbonyl (C=O) groups excluding carboxylic acids is 1. The van der Waals surface area contributed by atoms with Crippen LogP contribution in [0.4, 0.5) is 5.69 Å². The number of nitrogens with zero attached hydrogens (tertiary/aromatic N) is 1. The van der Waals surface area contributed by atoms with Crippen LogP contribution in [0.5, 0.6) is 0 Å². The summed E-state index contributed by atoms with van der Waals surface area (Å²) in [5.41, 5.74) is 6.89. The highest BCUT2D eigenvalue weighted by Gasteiger charge is 2.23. The highest BCUT2D eigenvalue weighted by molar-refractivity contribution is 9.10. The van der Waals surface area contributed by atoms with Crippen molar-refractivity contribution in [3.8, 4) is 0 Å². The molecule has 1 aromatic carbocycles. The number of amides is 1. The Bertz CT molecular complexity index is 464. The Kier molecular flexibility index (Phi) is 4.82. The second kappa shape index (κ2) is 6.39. The van der Waals surface area contributed by atoms with Gasteiger partial charge in [0.2, 0.25) is 0 Å². The van der Waals surface area contributed by atoms with E-state index in [0.29, 0.717) is 23.8 Å². The maximum atomic E-state index is 12.1. The Morgan fingerprint density at radius 1 is 1.58 bits per heavy atom. The average Bonchev–Trinajstić information content (AvgIpc) is 2.86. The Balaban J connectivity index is 1.96. The van der Waals surface area contributed by atoms with Gasteiger partial charge >= 0.3 is 0 Å². The van der Waals surface area contributed by atoms with E-state index in [2.05, 4.69) is 33.1 Å². The summed E-state index contributed by atoms with van der Waals surface area (Å²) in [4.78, 5) is 14.5. The number of carbonyl (C=O) groups is 1. The molecule has 1 aromatic rings. The first kappa shape index (κ1) is 14.3. The zero-order valence-electron chi connectivity index (χ0n) is 11.2. The van der Waals surface area contributed by atoms with E-state index in [1.807, 2.05) is 6.07 Å². The first-order chi connectivity index (χ1) is 9.11. The second-order valence-electron chi connectivity index (χ2n) is 4.87. The third-order valence-corrected chi connectivity index (χ3v) is 4.16. The van der Waals surface area contributed by atoms with Gasteiger partial charge in [-0.25, -0.2) is 0 Å². The third-order valence-electron chi connectivity index (χ3n) is 3.66. The van der Waals surface area contributed by atoms with Gasteiger partial charge < -0.3 is 11.1 Å². The zero-order valence-corrected chi connectivity index (χ0v) is 12.7. The van der Waals surface area contributed by atoms with Gasteiger partial charge in [-0.1, -0.05) is 22.9 Å². The first-order valence-electron chi connectivity index (χ1n) is 6.69. The Morgan fingerprint density at radius 3 is 3.11 bits per heavy atom. The molecular formula is C14H20BrN3O. The molecule has 1 atom stereocenters. The van der Waals surface area contributed by atoms with Gasteiger partial charge in [-0.15, -0.1) is 0 Å². The molecular weight excluding hydrogens is 306 g/mol. The molecule has 3 N–H and O–H groups in total. The molecule has 0 aromatic heterocycles. The van der Waals surface area contributed by atoms with Gasteiger partial charge in [0.15, 0.2) is 0 Å². The van der Waals surface area contributed by atoms with Crippen molar-refractivity contribution in [2.24, 2.45) is 0 Å². The molecule has 0 bridgehead atoms. The number of likely N-dealkylation sites (tertiary alicyclic amines) is 1. The topological polar surface area (TPSA) is 58.4 Å². The SMILES string of the molecule is CCN1CCCC1CNC(=O)c1cc(Br)ccc1N. The van der Waals surface area contributed by atoms with Crippen LogP contribution < -0.4 is 11.1 Å². The van der Waals surface area contributed by atoms with Crippen LogP contribution in [0.3, 0.4) is 0 Å². The molecule has 1 aliphatic rings. The minimum Gasteiger partial charge on any atom is -0.398 e. The van der Waals surface area contributed by atoms with Crippen LogP contribution in [0.1, 0.15) is 30.1 Å². The van der Waals surface area contributed by atoms with Crippen molar-refractivity contribution in [1.82, 2.24) is 10.2 Å². The molecule has 19 heavy (non-hydrogen) atoms. The lowest BCUT2D eigenvalue weighted by atomic mass is 10.1. The number of halogens is 1. The lowest BCUT2D eigenvalue weighted by Gasteiger charge is -2.23. The molecule has 1 fully saturated rings. The number of hydrogen-bond donors (Lipinski definition) is 2. The molecule has 1 unspecified atom stereocenters. The number of anilines is 1. The fourth-order valence-electron chi connectivity index (χ4n) is 2.57. The molecule has 0 aliphatic carbocycles. The molecule has 2 rings (SSSR count). The van der Waals surface area contributed by atoms with Gasteiger partial charge in [-0.3, -0.25) is 9.69 Å². The number of nitrogens with two attached hydrogens (primary N) is 1. The summed E-state index contributed by atoms with van der Waals surface area (Å²) in [6.07, 6.45) is 2.37. The number of nitrogen functional groups attached to an aromatic ring is 1. The lowest BCUT2D eigenvalue weighted by Crippen LogP contribution is -2.40. The summed E-state index contributed by atoms with van der Waals surface area (Å²) in [6, 6.07) is 5.80. The quantitative estimate of drug-likeness (QED) is 0.835. The van der Waals surface area contributed by atoms with E-state index in [0.717, 1.165) is 24.0 Å². The molecule has 104 valence electrons. The van der Waals surface area contributed by atoms with Gasteiger partial charge in [0.25, 0.3) is 5.91 Å². The Labute approximate surface area is 122 Å². The molecule has 0 spiro atoms.